The molecule has 0 spiro atoms. The van der Waals surface area contributed by atoms with Crippen molar-refractivity contribution in [3.8, 4) is 0 Å². The lowest BCUT2D eigenvalue weighted by Crippen LogP contribution is -2.48. The Kier molecular flexibility index (Phi) is 5.89. The van der Waals surface area contributed by atoms with Crippen molar-refractivity contribution < 1.29 is 9.23 Å². The van der Waals surface area contributed by atoms with Gasteiger partial charge in [0.15, 0.2) is 0 Å². The van der Waals surface area contributed by atoms with E-state index in [0.717, 1.165) is 37.5 Å². The van der Waals surface area contributed by atoms with E-state index in [1.54, 1.807) is 13.2 Å². The Balaban J connectivity index is 1.63. The molecule has 0 atom stereocenters. The van der Waals surface area contributed by atoms with E-state index < -0.39 is 0 Å². The molecule has 3 rings (SSSR count). The molecule has 1 heterocycles. The van der Waals surface area contributed by atoms with E-state index in [9.17, 15) is 4.39 Å². The monoisotopic (exact) mass is 361 g/mol. The Morgan fingerprint density at radius 2 is 1.76 bits per heavy atom. The van der Waals surface area contributed by atoms with E-state index in [1.807, 2.05) is 36.4 Å². The summed E-state index contributed by atoms with van der Waals surface area (Å²) in [4.78, 5) is 9.38. The maximum absolute atomic E-state index is 13.9. The molecule has 6 heteroatoms. The third-order valence-electron chi connectivity index (χ3n) is 4.32. The third-order valence-corrected chi connectivity index (χ3v) is 4.57. The molecule has 1 fully saturated rings. The highest BCUT2D eigenvalue weighted by Crippen LogP contribution is 2.20. The summed E-state index contributed by atoms with van der Waals surface area (Å²) in [6, 6.07) is 14.5. The maximum atomic E-state index is 13.9. The van der Waals surface area contributed by atoms with Gasteiger partial charge in [-0.3, -0.25) is 4.90 Å². The van der Waals surface area contributed by atoms with Crippen molar-refractivity contribution in [1.29, 1.82) is 0 Å². The first kappa shape index (κ1) is 17.7. The predicted molar refractivity (Wildman–Crippen MR) is 100 cm³/mol. The first-order valence-corrected chi connectivity index (χ1v) is 8.63. The highest BCUT2D eigenvalue weighted by molar-refractivity contribution is 6.30. The van der Waals surface area contributed by atoms with Crippen molar-refractivity contribution in [2.24, 2.45) is 5.16 Å². The summed E-state index contributed by atoms with van der Waals surface area (Å²) in [7, 11) is 1.55. The predicted octanol–water partition coefficient (Wildman–Crippen LogP) is 3.65. The first-order valence-electron chi connectivity index (χ1n) is 8.25. The number of anilines is 1. The number of rotatable bonds is 5. The molecule has 0 N–H and O–H groups in total. The maximum Gasteiger partial charge on any atom is 0.146 e. The highest BCUT2D eigenvalue weighted by Gasteiger charge is 2.21. The Hall–Kier alpha value is -2.11. The lowest BCUT2D eigenvalue weighted by atomic mass is 10.1. The van der Waals surface area contributed by atoms with Gasteiger partial charge in [-0.15, -0.1) is 0 Å². The van der Waals surface area contributed by atoms with Gasteiger partial charge < -0.3 is 9.74 Å². The van der Waals surface area contributed by atoms with Gasteiger partial charge in [-0.05, 0) is 24.3 Å². The Labute approximate surface area is 152 Å². The summed E-state index contributed by atoms with van der Waals surface area (Å²) in [5.74, 6) is -0.168. The topological polar surface area (TPSA) is 28.1 Å². The van der Waals surface area contributed by atoms with Crippen LogP contribution in [0, 0.1) is 5.82 Å². The van der Waals surface area contributed by atoms with E-state index in [2.05, 4.69) is 15.0 Å². The van der Waals surface area contributed by atoms with Crippen LogP contribution in [0.15, 0.2) is 53.7 Å². The zero-order valence-electron chi connectivity index (χ0n) is 14.2. The molecule has 0 amide bonds. The average Bonchev–Trinajstić information content (AvgIpc) is 2.63. The molecule has 0 aliphatic carbocycles. The Bertz CT molecular complexity index is 728. The number of halogens is 2. The van der Waals surface area contributed by atoms with Gasteiger partial charge >= 0.3 is 0 Å². The summed E-state index contributed by atoms with van der Waals surface area (Å²) in [6.07, 6.45) is 0. The fraction of sp³-hybridized carbons (Fsp3) is 0.316. The molecule has 0 saturated carbocycles. The minimum absolute atomic E-state index is 0.168. The fourth-order valence-corrected chi connectivity index (χ4v) is 3.12. The van der Waals surface area contributed by atoms with Gasteiger partial charge in [-0.1, -0.05) is 41.0 Å². The van der Waals surface area contributed by atoms with Gasteiger partial charge in [-0.2, -0.15) is 0 Å². The minimum Gasteiger partial charge on any atom is -0.399 e. The van der Waals surface area contributed by atoms with Crippen molar-refractivity contribution in [1.82, 2.24) is 4.90 Å². The molecular weight excluding hydrogens is 341 g/mol. The zero-order chi connectivity index (χ0) is 17.6. The Morgan fingerprint density at radius 1 is 1.08 bits per heavy atom. The summed E-state index contributed by atoms with van der Waals surface area (Å²) >= 11 is 5.95. The fourth-order valence-electron chi connectivity index (χ4n) is 2.99. The van der Waals surface area contributed by atoms with Crippen LogP contribution in [0.2, 0.25) is 5.02 Å². The van der Waals surface area contributed by atoms with Gasteiger partial charge in [0.05, 0.1) is 5.69 Å². The second kappa shape index (κ2) is 8.32. The normalized spacial score (nSPS) is 16.1. The van der Waals surface area contributed by atoms with Crippen LogP contribution in [0.5, 0.6) is 0 Å². The molecule has 2 aromatic carbocycles. The lowest BCUT2D eigenvalue weighted by Gasteiger charge is -2.36. The van der Waals surface area contributed by atoms with Gasteiger partial charge in [-0.25, -0.2) is 4.39 Å². The summed E-state index contributed by atoms with van der Waals surface area (Å²) < 4.78 is 13.9. The second-order valence-electron chi connectivity index (χ2n) is 5.94. The van der Waals surface area contributed by atoms with Crippen molar-refractivity contribution in [3.05, 3.63) is 64.9 Å². The zero-order valence-corrected chi connectivity index (χ0v) is 14.9. The molecule has 0 bridgehead atoms. The van der Waals surface area contributed by atoms with Gasteiger partial charge in [0.2, 0.25) is 0 Å². The quantitative estimate of drug-likeness (QED) is 0.601. The van der Waals surface area contributed by atoms with Crippen molar-refractivity contribution in [3.63, 3.8) is 0 Å². The molecule has 4 nitrogen and oxygen atoms in total. The van der Waals surface area contributed by atoms with E-state index in [0.29, 0.717) is 17.3 Å². The summed E-state index contributed by atoms with van der Waals surface area (Å²) in [5, 5.41) is 4.86. The smallest absolute Gasteiger partial charge is 0.146 e. The largest absolute Gasteiger partial charge is 0.399 e. The molecule has 2 aromatic rings. The lowest BCUT2D eigenvalue weighted by molar-refractivity contribution is 0.209. The number of nitrogens with zero attached hydrogens (tertiary/aromatic N) is 3. The molecule has 0 unspecified atom stereocenters. The number of hydrogen-bond donors (Lipinski definition) is 0. The van der Waals surface area contributed by atoms with Crippen LogP contribution < -0.4 is 4.90 Å². The average molecular weight is 362 g/mol. The molecule has 132 valence electrons. The minimum atomic E-state index is -0.168. The van der Waals surface area contributed by atoms with E-state index >= 15 is 0 Å². The SMILES string of the molecule is CO/N=C(/CN1CCN(c2ccccc2F)CC1)c1ccc(Cl)cc1. The summed E-state index contributed by atoms with van der Waals surface area (Å²) in [6.45, 7) is 3.92. The van der Waals surface area contributed by atoms with Gasteiger partial charge in [0.1, 0.15) is 18.6 Å². The number of benzene rings is 2. The standard InChI is InChI=1S/C19H21ClFN3O/c1-25-22-18(15-6-8-16(20)9-7-15)14-23-10-12-24(13-11-23)19-5-3-2-4-17(19)21/h2-9H,10-14H2,1H3/b22-18-. The van der Waals surface area contributed by atoms with Crippen molar-refractivity contribution in [2.75, 3.05) is 44.7 Å². The van der Waals surface area contributed by atoms with Crippen molar-refractivity contribution in [2.45, 2.75) is 0 Å². The Morgan fingerprint density at radius 3 is 2.40 bits per heavy atom. The van der Waals surface area contributed by atoms with Crippen LogP contribution in [0.25, 0.3) is 0 Å². The number of hydrogen-bond acceptors (Lipinski definition) is 4. The number of piperazine rings is 1. The van der Waals surface area contributed by atoms with Gasteiger partial charge in [0, 0.05) is 43.3 Å². The summed E-state index contributed by atoms with van der Waals surface area (Å²) in [5.41, 5.74) is 2.52. The van der Waals surface area contributed by atoms with Crippen LogP contribution >= 0.6 is 11.6 Å². The van der Waals surface area contributed by atoms with E-state index in [4.69, 9.17) is 16.4 Å². The van der Waals surface area contributed by atoms with Gasteiger partial charge in [0.25, 0.3) is 0 Å². The molecule has 1 aliphatic rings. The number of para-hydroxylation sites is 1. The molecule has 0 radical (unpaired) electrons. The van der Waals surface area contributed by atoms with Crippen LogP contribution in [0.4, 0.5) is 10.1 Å². The molecule has 25 heavy (non-hydrogen) atoms. The van der Waals surface area contributed by atoms with E-state index in [1.165, 1.54) is 6.07 Å². The van der Waals surface area contributed by atoms with Crippen LogP contribution in [-0.4, -0.2) is 50.4 Å². The van der Waals surface area contributed by atoms with E-state index in [-0.39, 0.29) is 5.82 Å². The van der Waals surface area contributed by atoms with Crippen LogP contribution in [-0.2, 0) is 4.84 Å². The molecule has 1 saturated heterocycles. The second-order valence-corrected chi connectivity index (χ2v) is 6.38. The molecular formula is C19H21ClFN3O. The molecule has 1 aliphatic heterocycles. The highest BCUT2D eigenvalue weighted by atomic mass is 35.5. The first-order chi connectivity index (χ1) is 12.2. The third kappa shape index (κ3) is 4.50. The van der Waals surface area contributed by atoms with Crippen LogP contribution in [0.3, 0.4) is 0 Å². The number of oxime groups is 1. The van der Waals surface area contributed by atoms with Crippen LogP contribution in [0.1, 0.15) is 5.56 Å². The van der Waals surface area contributed by atoms with Crippen molar-refractivity contribution >= 4 is 23.0 Å². The molecule has 0 aromatic heterocycles.